The first kappa shape index (κ1) is 16.1. The van der Waals surface area contributed by atoms with Gasteiger partial charge in [-0.15, -0.1) is 0 Å². The number of halogens is 2. The van der Waals surface area contributed by atoms with E-state index < -0.39 is 0 Å². The molecule has 20 heavy (non-hydrogen) atoms. The fourth-order valence-corrected chi connectivity index (χ4v) is 4.05. The predicted octanol–water partition coefficient (Wildman–Crippen LogP) is 5.34. The molecule has 5 heteroatoms. The summed E-state index contributed by atoms with van der Waals surface area (Å²) in [7, 11) is 0. The Kier molecular flexibility index (Phi) is 6.68. The van der Waals surface area contributed by atoms with Gasteiger partial charge in [-0.2, -0.15) is 11.3 Å². The van der Waals surface area contributed by atoms with E-state index in [-0.39, 0.29) is 6.04 Å². The van der Waals surface area contributed by atoms with Gasteiger partial charge in [0.05, 0.1) is 11.7 Å². The van der Waals surface area contributed by atoms with Gasteiger partial charge in [-0.3, -0.25) is 4.98 Å². The monoisotopic (exact) mass is 416 g/mol. The molecule has 1 atom stereocenters. The molecule has 0 aromatic carbocycles. The van der Waals surface area contributed by atoms with Crippen molar-refractivity contribution in [3.05, 3.63) is 49.3 Å². The SMILES string of the molecule is CCCNC(CCc1ccsc1)c1ncc(Br)cc1Br. The summed E-state index contributed by atoms with van der Waals surface area (Å²) in [6.45, 7) is 3.20. The molecule has 0 aliphatic heterocycles. The van der Waals surface area contributed by atoms with Crippen LogP contribution in [0.2, 0.25) is 0 Å². The van der Waals surface area contributed by atoms with Gasteiger partial charge in [0, 0.05) is 15.1 Å². The molecule has 2 heterocycles. The highest BCUT2D eigenvalue weighted by molar-refractivity contribution is 9.11. The van der Waals surface area contributed by atoms with E-state index in [2.05, 4.69) is 72.0 Å². The number of hydrogen-bond donors (Lipinski definition) is 1. The summed E-state index contributed by atoms with van der Waals surface area (Å²) in [5, 5.41) is 7.96. The third kappa shape index (κ3) is 4.65. The van der Waals surface area contributed by atoms with E-state index in [1.807, 2.05) is 6.20 Å². The summed E-state index contributed by atoms with van der Waals surface area (Å²) in [6, 6.07) is 4.55. The maximum atomic E-state index is 4.58. The summed E-state index contributed by atoms with van der Waals surface area (Å²) >= 11 is 8.84. The minimum atomic E-state index is 0.289. The number of aromatic nitrogens is 1. The Morgan fingerprint density at radius 1 is 1.40 bits per heavy atom. The van der Waals surface area contributed by atoms with Crippen molar-refractivity contribution in [2.75, 3.05) is 6.54 Å². The topological polar surface area (TPSA) is 24.9 Å². The van der Waals surface area contributed by atoms with Crippen LogP contribution in [0.15, 0.2) is 38.0 Å². The largest absolute Gasteiger partial charge is 0.309 e. The molecule has 0 spiro atoms. The molecule has 2 aromatic rings. The molecule has 0 aliphatic rings. The minimum absolute atomic E-state index is 0.289. The Bertz CT molecular complexity index is 529. The molecular weight excluding hydrogens is 400 g/mol. The smallest absolute Gasteiger partial charge is 0.0715 e. The van der Waals surface area contributed by atoms with Gasteiger partial charge in [-0.05, 0) is 86.1 Å². The molecule has 2 aromatic heterocycles. The zero-order valence-corrected chi connectivity index (χ0v) is 15.4. The maximum Gasteiger partial charge on any atom is 0.0715 e. The molecule has 0 fully saturated rings. The number of thiophene rings is 1. The highest BCUT2D eigenvalue weighted by Crippen LogP contribution is 2.27. The summed E-state index contributed by atoms with van der Waals surface area (Å²) in [5.74, 6) is 0. The highest BCUT2D eigenvalue weighted by Gasteiger charge is 2.16. The van der Waals surface area contributed by atoms with Crippen molar-refractivity contribution < 1.29 is 0 Å². The van der Waals surface area contributed by atoms with Crippen LogP contribution in [0.1, 0.15) is 37.1 Å². The molecule has 0 aliphatic carbocycles. The quantitative estimate of drug-likeness (QED) is 0.657. The van der Waals surface area contributed by atoms with Gasteiger partial charge < -0.3 is 5.32 Å². The minimum Gasteiger partial charge on any atom is -0.309 e. The highest BCUT2D eigenvalue weighted by atomic mass is 79.9. The van der Waals surface area contributed by atoms with Crippen molar-refractivity contribution in [2.45, 2.75) is 32.2 Å². The third-order valence-corrected chi connectivity index (χ3v) is 4.91. The maximum absolute atomic E-state index is 4.58. The van der Waals surface area contributed by atoms with Gasteiger partial charge in [0.15, 0.2) is 0 Å². The van der Waals surface area contributed by atoms with Gasteiger partial charge in [-0.1, -0.05) is 6.92 Å². The Morgan fingerprint density at radius 3 is 2.90 bits per heavy atom. The second kappa shape index (κ2) is 8.27. The van der Waals surface area contributed by atoms with Crippen molar-refractivity contribution in [3.8, 4) is 0 Å². The number of hydrogen-bond acceptors (Lipinski definition) is 3. The third-order valence-electron chi connectivity index (χ3n) is 3.11. The van der Waals surface area contributed by atoms with Gasteiger partial charge in [-0.25, -0.2) is 0 Å². The molecule has 0 amide bonds. The zero-order chi connectivity index (χ0) is 14.4. The standard InChI is InChI=1S/C15H18Br2N2S/c1-2-6-18-14(4-3-11-5-7-20-10-11)15-13(17)8-12(16)9-19-15/h5,7-10,14,18H,2-4,6H2,1H3. The fraction of sp³-hybridized carbons (Fsp3) is 0.400. The van der Waals surface area contributed by atoms with Crippen molar-refractivity contribution >= 4 is 43.2 Å². The Balaban J connectivity index is 2.09. The number of aryl methyl sites for hydroxylation is 1. The second-order valence-corrected chi connectivity index (χ2v) is 7.25. The van der Waals surface area contributed by atoms with E-state index in [1.54, 1.807) is 11.3 Å². The molecule has 0 saturated heterocycles. The molecule has 1 unspecified atom stereocenters. The van der Waals surface area contributed by atoms with E-state index in [0.717, 1.165) is 40.4 Å². The van der Waals surface area contributed by atoms with Crippen LogP contribution < -0.4 is 5.32 Å². The van der Waals surface area contributed by atoms with Gasteiger partial charge in [0.1, 0.15) is 0 Å². The molecular formula is C15H18Br2N2S. The van der Waals surface area contributed by atoms with Crippen LogP contribution in [0.5, 0.6) is 0 Å². The lowest BCUT2D eigenvalue weighted by Crippen LogP contribution is -2.24. The first-order valence-corrected chi connectivity index (χ1v) is 9.29. The molecule has 2 nitrogen and oxygen atoms in total. The predicted molar refractivity (Wildman–Crippen MR) is 93.3 cm³/mol. The van der Waals surface area contributed by atoms with Crippen LogP contribution in [0.4, 0.5) is 0 Å². The fourth-order valence-electron chi connectivity index (χ4n) is 2.08. The van der Waals surface area contributed by atoms with Crippen LogP contribution in [0.3, 0.4) is 0 Å². The van der Waals surface area contributed by atoms with E-state index in [0.29, 0.717) is 0 Å². The van der Waals surface area contributed by atoms with E-state index in [9.17, 15) is 0 Å². The normalized spacial score (nSPS) is 12.6. The van der Waals surface area contributed by atoms with Gasteiger partial charge >= 0.3 is 0 Å². The summed E-state index contributed by atoms with van der Waals surface area (Å²) in [4.78, 5) is 4.58. The molecule has 1 N–H and O–H groups in total. The van der Waals surface area contributed by atoms with Crippen molar-refractivity contribution in [1.82, 2.24) is 10.3 Å². The lowest BCUT2D eigenvalue weighted by molar-refractivity contribution is 0.487. The molecule has 0 saturated carbocycles. The molecule has 0 radical (unpaired) electrons. The van der Waals surface area contributed by atoms with Crippen molar-refractivity contribution in [2.24, 2.45) is 0 Å². The number of pyridine rings is 1. The average molecular weight is 418 g/mol. The van der Waals surface area contributed by atoms with Crippen molar-refractivity contribution in [1.29, 1.82) is 0 Å². The van der Waals surface area contributed by atoms with Crippen LogP contribution in [-0.4, -0.2) is 11.5 Å². The first-order chi connectivity index (χ1) is 9.70. The van der Waals surface area contributed by atoms with Gasteiger partial charge in [0.25, 0.3) is 0 Å². The van der Waals surface area contributed by atoms with Crippen LogP contribution in [-0.2, 0) is 6.42 Å². The van der Waals surface area contributed by atoms with E-state index in [1.165, 1.54) is 5.56 Å². The number of rotatable bonds is 7. The summed E-state index contributed by atoms with van der Waals surface area (Å²) in [5.41, 5.74) is 2.50. The van der Waals surface area contributed by atoms with Gasteiger partial charge in [0.2, 0.25) is 0 Å². The molecule has 108 valence electrons. The lowest BCUT2D eigenvalue weighted by Gasteiger charge is -2.19. The summed E-state index contributed by atoms with van der Waals surface area (Å²) in [6.07, 6.45) is 5.13. The molecule has 0 bridgehead atoms. The molecule has 2 rings (SSSR count). The first-order valence-electron chi connectivity index (χ1n) is 6.76. The Morgan fingerprint density at radius 2 is 2.25 bits per heavy atom. The second-order valence-electron chi connectivity index (χ2n) is 4.70. The zero-order valence-electron chi connectivity index (χ0n) is 11.4. The van der Waals surface area contributed by atoms with E-state index >= 15 is 0 Å². The van der Waals surface area contributed by atoms with Crippen LogP contribution >= 0.6 is 43.2 Å². The average Bonchev–Trinajstić information content (AvgIpc) is 2.93. The Hall–Kier alpha value is -0.230. The lowest BCUT2D eigenvalue weighted by atomic mass is 10.0. The van der Waals surface area contributed by atoms with Crippen LogP contribution in [0, 0.1) is 0 Å². The van der Waals surface area contributed by atoms with E-state index in [4.69, 9.17) is 0 Å². The number of nitrogens with one attached hydrogen (secondary N) is 1. The van der Waals surface area contributed by atoms with Crippen molar-refractivity contribution in [3.63, 3.8) is 0 Å². The number of nitrogens with zero attached hydrogens (tertiary/aromatic N) is 1. The Labute approximate surface area is 141 Å². The summed E-state index contributed by atoms with van der Waals surface area (Å²) < 4.78 is 2.06. The van der Waals surface area contributed by atoms with Crippen LogP contribution in [0.25, 0.3) is 0 Å².